The quantitative estimate of drug-likeness (QED) is 0.540. The Bertz CT molecular complexity index is 359. The van der Waals surface area contributed by atoms with Gasteiger partial charge in [0.1, 0.15) is 0 Å². The molecule has 0 spiro atoms. The highest BCUT2D eigenvalue weighted by Crippen LogP contribution is 2.10. The van der Waals surface area contributed by atoms with Crippen LogP contribution in [0, 0.1) is 0 Å². The molecular formula is C11H12N2O. The molecule has 1 aliphatic heterocycles. The van der Waals surface area contributed by atoms with Crippen LogP contribution >= 0.6 is 0 Å². The lowest BCUT2D eigenvalue weighted by atomic mass is 10.0. The van der Waals surface area contributed by atoms with Gasteiger partial charge in [-0.2, -0.15) is 0 Å². The smallest absolute Gasteiger partial charge is 0.222 e. The molecule has 14 heavy (non-hydrogen) atoms. The normalized spacial score (nSPS) is 20.6. The van der Waals surface area contributed by atoms with Crippen LogP contribution in [0.15, 0.2) is 30.3 Å². The van der Waals surface area contributed by atoms with Crippen molar-refractivity contribution < 1.29 is 4.79 Å². The number of nitrogens with two attached hydrogens (primary N) is 1. The Morgan fingerprint density at radius 3 is 2.57 bits per heavy atom. The second kappa shape index (κ2) is 3.54. The Morgan fingerprint density at radius 1 is 1.36 bits per heavy atom. The van der Waals surface area contributed by atoms with Crippen LogP contribution in [0.4, 0.5) is 5.69 Å². The average molecular weight is 188 g/mol. The van der Waals surface area contributed by atoms with Gasteiger partial charge in [-0.05, 0) is 17.7 Å². The molecule has 1 amide bonds. The van der Waals surface area contributed by atoms with Crippen LogP contribution < -0.4 is 11.1 Å². The third-order valence-corrected chi connectivity index (χ3v) is 2.21. The van der Waals surface area contributed by atoms with Gasteiger partial charge in [0.05, 0.1) is 12.5 Å². The monoisotopic (exact) mass is 188 g/mol. The number of carbonyl (C=O) groups is 1. The zero-order chi connectivity index (χ0) is 9.97. The van der Waals surface area contributed by atoms with Crippen molar-refractivity contribution in [3.63, 3.8) is 0 Å². The summed E-state index contributed by atoms with van der Waals surface area (Å²) in [4.78, 5) is 10.6. The summed E-state index contributed by atoms with van der Waals surface area (Å²) in [6.07, 6.45) is 4.59. The zero-order valence-corrected chi connectivity index (χ0v) is 7.73. The Kier molecular flexibility index (Phi) is 2.23. The minimum atomic E-state index is 0.122. The van der Waals surface area contributed by atoms with Gasteiger partial charge in [-0.3, -0.25) is 4.79 Å². The first kappa shape index (κ1) is 8.81. The lowest BCUT2D eigenvalue weighted by Crippen LogP contribution is -2.46. The SMILES string of the molecule is Nc1ccc(C=CC2CC(=O)N2)cc1. The van der Waals surface area contributed by atoms with Gasteiger partial charge >= 0.3 is 0 Å². The second-order valence-electron chi connectivity index (χ2n) is 3.40. The molecule has 1 heterocycles. The average Bonchev–Trinajstić information content (AvgIpc) is 2.13. The number of nitrogen functional groups attached to an aromatic ring is 1. The Morgan fingerprint density at radius 2 is 2.00 bits per heavy atom. The van der Waals surface area contributed by atoms with Crippen LogP contribution in [0.25, 0.3) is 6.08 Å². The molecule has 1 unspecified atom stereocenters. The van der Waals surface area contributed by atoms with Crippen LogP contribution in [0.1, 0.15) is 12.0 Å². The molecule has 1 aromatic carbocycles. The van der Waals surface area contributed by atoms with E-state index in [1.54, 1.807) is 0 Å². The molecular weight excluding hydrogens is 176 g/mol. The van der Waals surface area contributed by atoms with Gasteiger partial charge in [0.25, 0.3) is 0 Å². The third-order valence-electron chi connectivity index (χ3n) is 2.21. The molecule has 3 nitrogen and oxygen atoms in total. The molecule has 0 aromatic heterocycles. The maximum atomic E-state index is 10.6. The fourth-order valence-electron chi connectivity index (χ4n) is 1.34. The first-order valence-electron chi connectivity index (χ1n) is 4.57. The predicted molar refractivity (Wildman–Crippen MR) is 56.4 cm³/mol. The number of nitrogens with one attached hydrogen (secondary N) is 1. The van der Waals surface area contributed by atoms with E-state index in [-0.39, 0.29) is 11.9 Å². The van der Waals surface area contributed by atoms with Crippen LogP contribution in [-0.4, -0.2) is 11.9 Å². The highest BCUT2D eigenvalue weighted by atomic mass is 16.2. The van der Waals surface area contributed by atoms with E-state index in [0.717, 1.165) is 11.3 Å². The molecule has 2 rings (SSSR count). The topological polar surface area (TPSA) is 55.1 Å². The van der Waals surface area contributed by atoms with Crippen molar-refractivity contribution in [2.24, 2.45) is 0 Å². The predicted octanol–water partition coefficient (Wildman–Crippen LogP) is 1.17. The van der Waals surface area contributed by atoms with E-state index in [1.807, 2.05) is 36.4 Å². The largest absolute Gasteiger partial charge is 0.399 e. The van der Waals surface area contributed by atoms with E-state index < -0.39 is 0 Å². The van der Waals surface area contributed by atoms with Crippen LogP contribution in [0.2, 0.25) is 0 Å². The van der Waals surface area contributed by atoms with E-state index in [9.17, 15) is 4.79 Å². The van der Waals surface area contributed by atoms with Crippen LogP contribution in [-0.2, 0) is 4.79 Å². The molecule has 1 aromatic rings. The molecule has 0 radical (unpaired) electrons. The first-order valence-corrected chi connectivity index (χ1v) is 4.57. The van der Waals surface area contributed by atoms with E-state index in [1.165, 1.54) is 0 Å². The van der Waals surface area contributed by atoms with Crippen molar-refractivity contribution in [2.45, 2.75) is 12.5 Å². The number of hydrogen-bond acceptors (Lipinski definition) is 2. The van der Waals surface area contributed by atoms with Crippen molar-refractivity contribution >= 4 is 17.7 Å². The van der Waals surface area contributed by atoms with Crippen molar-refractivity contribution in [1.82, 2.24) is 5.32 Å². The Labute approximate surface area is 82.6 Å². The maximum Gasteiger partial charge on any atom is 0.222 e. The fourth-order valence-corrected chi connectivity index (χ4v) is 1.34. The summed E-state index contributed by atoms with van der Waals surface area (Å²) in [5.41, 5.74) is 7.42. The Hall–Kier alpha value is -1.77. The maximum absolute atomic E-state index is 10.6. The summed E-state index contributed by atoms with van der Waals surface area (Å²) in [6.45, 7) is 0. The summed E-state index contributed by atoms with van der Waals surface area (Å²) >= 11 is 0. The fraction of sp³-hybridized carbons (Fsp3) is 0.182. The molecule has 72 valence electrons. The summed E-state index contributed by atoms with van der Waals surface area (Å²) in [7, 11) is 0. The Balaban J connectivity index is 1.97. The molecule has 1 atom stereocenters. The zero-order valence-electron chi connectivity index (χ0n) is 7.73. The molecule has 1 saturated heterocycles. The number of anilines is 1. The lowest BCUT2D eigenvalue weighted by Gasteiger charge is -2.23. The van der Waals surface area contributed by atoms with Gasteiger partial charge in [0, 0.05) is 5.69 Å². The molecule has 0 saturated carbocycles. The first-order chi connectivity index (χ1) is 6.74. The number of rotatable bonds is 2. The molecule has 3 heteroatoms. The molecule has 1 fully saturated rings. The summed E-state index contributed by atoms with van der Waals surface area (Å²) in [5, 5.41) is 2.77. The lowest BCUT2D eigenvalue weighted by molar-refractivity contribution is -0.127. The van der Waals surface area contributed by atoms with Crippen LogP contribution in [0.3, 0.4) is 0 Å². The second-order valence-corrected chi connectivity index (χ2v) is 3.40. The number of amides is 1. The van der Waals surface area contributed by atoms with Crippen molar-refractivity contribution in [2.75, 3.05) is 5.73 Å². The highest BCUT2D eigenvalue weighted by molar-refractivity contribution is 5.84. The van der Waals surface area contributed by atoms with E-state index in [4.69, 9.17) is 5.73 Å². The summed E-state index contributed by atoms with van der Waals surface area (Å²) < 4.78 is 0. The number of β-lactam (4-membered cyclic amide) rings is 1. The summed E-state index contributed by atoms with van der Waals surface area (Å²) in [6, 6.07) is 7.83. The highest BCUT2D eigenvalue weighted by Gasteiger charge is 2.21. The number of hydrogen-bond donors (Lipinski definition) is 2. The van der Waals surface area contributed by atoms with Gasteiger partial charge in [-0.15, -0.1) is 0 Å². The molecule has 0 aliphatic carbocycles. The van der Waals surface area contributed by atoms with Gasteiger partial charge in [0.2, 0.25) is 5.91 Å². The summed E-state index contributed by atoms with van der Waals surface area (Å²) in [5.74, 6) is 0.122. The van der Waals surface area contributed by atoms with Gasteiger partial charge in [0.15, 0.2) is 0 Å². The van der Waals surface area contributed by atoms with Gasteiger partial charge in [-0.1, -0.05) is 24.3 Å². The number of benzene rings is 1. The van der Waals surface area contributed by atoms with Crippen molar-refractivity contribution in [3.8, 4) is 0 Å². The standard InChI is InChI=1S/C11H12N2O/c12-9-4-1-8(2-5-9)3-6-10-7-11(14)13-10/h1-6,10H,7,12H2,(H,13,14). The van der Waals surface area contributed by atoms with Crippen molar-refractivity contribution in [1.29, 1.82) is 0 Å². The van der Waals surface area contributed by atoms with Crippen LogP contribution in [0.5, 0.6) is 0 Å². The van der Waals surface area contributed by atoms with E-state index >= 15 is 0 Å². The molecule has 1 aliphatic rings. The van der Waals surface area contributed by atoms with Crippen molar-refractivity contribution in [3.05, 3.63) is 35.9 Å². The van der Waals surface area contributed by atoms with Gasteiger partial charge in [-0.25, -0.2) is 0 Å². The minimum absolute atomic E-state index is 0.122. The number of carbonyl (C=O) groups excluding carboxylic acids is 1. The van der Waals surface area contributed by atoms with Gasteiger partial charge < -0.3 is 11.1 Å². The minimum Gasteiger partial charge on any atom is -0.399 e. The molecule has 3 N–H and O–H groups in total. The van der Waals surface area contributed by atoms with E-state index in [0.29, 0.717) is 6.42 Å². The third kappa shape index (κ3) is 1.93. The van der Waals surface area contributed by atoms with E-state index in [2.05, 4.69) is 5.32 Å². The molecule has 0 bridgehead atoms.